The van der Waals surface area contributed by atoms with Crippen LogP contribution in [0.4, 0.5) is 0 Å². The first-order valence-electron chi connectivity index (χ1n) is 6.30. The average Bonchev–Trinajstić information content (AvgIpc) is 2.25. The molecule has 0 fully saturated rings. The number of benzene rings is 1. The van der Waals surface area contributed by atoms with E-state index in [0.717, 1.165) is 0 Å². The van der Waals surface area contributed by atoms with Crippen molar-refractivity contribution in [2.24, 2.45) is 11.7 Å². The predicted octanol–water partition coefficient (Wildman–Crippen LogP) is 3.43. The van der Waals surface area contributed by atoms with Gasteiger partial charge in [-0.05, 0) is 28.9 Å². The first-order valence-corrected chi connectivity index (χ1v) is 6.30. The van der Waals surface area contributed by atoms with Gasteiger partial charge in [-0.15, -0.1) is 0 Å². The largest absolute Gasteiger partial charge is 0.370 e. The normalized spacial score (nSPS) is 13.1. The molecule has 1 aromatic carbocycles. The Bertz CT molecular complexity index is 365. The maximum absolute atomic E-state index is 11.1. The van der Waals surface area contributed by atoms with Gasteiger partial charge in [0, 0.05) is 6.42 Å². The van der Waals surface area contributed by atoms with Crippen LogP contribution in [0.1, 0.15) is 57.1 Å². The number of carbonyl (C=O) groups excluding carboxylic acids is 1. The highest BCUT2D eigenvalue weighted by Crippen LogP contribution is 2.28. The highest BCUT2D eigenvalue weighted by molar-refractivity contribution is 5.74. The maximum atomic E-state index is 11.1. The Morgan fingerprint density at radius 1 is 1.06 bits per heavy atom. The minimum absolute atomic E-state index is 0.225. The summed E-state index contributed by atoms with van der Waals surface area (Å²) in [6, 6.07) is 8.55. The molecule has 0 heterocycles. The van der Waals surface area contributed by atoms with Gasteiger partial charge in [0.15, 0.2) is 0 Å². The zero-order valence-corrected chi connectivity index (χ0v) is 11.2. The highest BCUT2D eigenvalue weighted by atomic mass is 16.1. The lowest BCUT2D eigenvalue weighted by molar-refractivity contribution is -0.118. The Labute approximate surface area is 104 Å². The van der Waals surface area contributed by atoms with Gasteiger partial charge in [0.25, 0.3) is 0 Å². The standard InChI is InChI=1S/C15H23NO/c1-10(2)12-5-7-13(8-6-12)14(11(3)4)9-15(16)17/h5-8,10-11,14H,9H2,1-4H3,(H2,16,17). The van der Waals surface area contributed by atoms with Crippen molar-refractivity contribution in [2.75, 3.05) is 0 Å². The van der Waals surface area contributed by atoms with Crippen molar-refractivity contribution in [1.82, 2.24) is 0 Å². The number of hydrogen-bond donors (Lipinski definition) is 1. The van der Waals surface area contributed by atoms with Gasteiger partial charge in [0.05, 0.1) is 0 Å². The minimum atomic E-state index is -0.225. The van der Waals surface area contributed by atoms with E-state index < -0.39 is 0 Å². The molecule has 1 unspecified atom stereocenters. The van der Waals surface area contributed by atoms with Crippen molar-refractivity contribution in [3.8, 4) is 0 Å². The van der Waals surface area contributed by atoms with Crippen LogP contribution in [0.25, 0.3) is 0 Å². The molecule has 2 heteroatoms. The topological polar surface area (TPSA) is 43.1 Å². The van der Waals surface area contributed by atoms with Gasteiger partial charge >= 0.3 is 0 Å². The summed E-state index contributed by atoms with van der Waals surface area (Å²) < 4.78 is 0. The summed E-state index contributed by atoms with van der Waals surface area (Å²) in [6.45, 7) is 8.62. The van der Waals surface area contributed by atoms with Crippen LogP contribution >= 0.6 is 0 Å². The molecule has 2 N–H and O–H groups in total. The second kappa shape index (κ2) is 5.85. The van der Waals surface area contributed by atoms with Crippen molar-refractivity contribution in [1.29, 1.82) is 0 Å². The van der Waals surface area contributed by atoms with Crippen molar-refractivity contribution in [2.45, 2.75) is 46.0 Å². The van der Waals surface area contributed by atoms with Crippen LogP contribution in [-0.2, 0) is 4.79 Å². The van der Waals surface area contributed by atoms with Gasteiger partial charge in [-0.1, -0.05) is 52.0 Å². The van der Waals surface area contributed by atoms with E-state index in [1.54, 1.807) is 0 Å². The zero-order chi connectivity index (χ0) is 13.0. The molecule has 0 bridgehead atoms. The summed E-state index contributed by atoms with van der Waals surface area (Å²) in [6.07, 6.45) is 0.429. The van der Waals surface area contributed by atoms with Gasteiger partial charge < -0.3 is 5.73 Å². The van der Waals surface area contributed by atoms with Gasteiger partial charge in [0.1, 0.15) is 0 Å². The van der Waals surface area contributed by atoms with E-state index in [0.29, 0.717) is 18.3 Å². The summed E-state index contributed by atoms with van der Waals surface area (Å²) >= 11 is 0. The quantitative estimate of drug-likeness (QED) is 0.832. The second-order valence-corrected chi connectivity index (χ2v) is 5.34. The lowest BCUT2D eigenvalue weighted by Crippen LogP contribution is -2.18. The molecule has 1 rings (SSSR count). The molecule has 0 saturated carbocycles. The predicted molar refractivity (Wildman–Crippen MR) is 71.9 cm³/mol. The van der Waals surface area contributed by atoms with Crippen LogP contribution in [0.5, 0.6) is 0 Å². The van der Waals surface area contributed by atoms with Gasteiger partial charge in [-0.25, -0.2) is 0 Å². The van der Waals surface area contributed by atoms with Crippen LogP contribution in [0, 0.1) is 5.92 Å². The summed E-state index contributed by atoms with van der Waals surface area (Å²) in [5.41, 5.74) is 7.85. The molecular formula is C15H23NO. The smallest absolute Gasteiger partial charge is 0.218 e. The van der Waals surface area contributed by atoms with Gasteiger partial charge in [-0.3, -0.25) is 4.79 Å². The third kappa shape index (κ3) is 3.88. The maximum Gasteiger partial charge on any atom is 0.218 e. The molecule has 94 valence electrons. The molecule has 0 aliphatic heterocycles. The zero-order valence-electron chi connectivity index (χ0n) is 11.2. The molecule has 17 heavy (non-hydrogen) atoms. The highest BCUT2D eigenvalue weighted by Gasteiger charge is 2.18. The fraction of sp³-hybridized carbons (Fsp3) is 0.533. The van der Waals surface area contributed by atoms with E-state index in [2.05, 4.69) is 52.0 Å². The summed E-state index contributed by atoms with van der Waals surface area (Å²) in [7, 11) is 0. The number of nitrogens with two attached hydrogens (primary N) is 1. The molecule has 1 amide bonds. The molecule has 0 saturated heterocycles. The van der Waals surface area contributed by atoms with Crippen LogP contribution in [0.15, 0.2) is 24.3 Å². The van der Waals surface area contributed by atoms with Crippen molar-refractivity contribution >= 4 is 5.91 Å². The number of rotatable bonds is 5. The minimum Gasteiger partial charge on any atom is -0.370 e. The molecule has 2 nitrogen and oxygen atoms in total. The fourth-order valence-electron chi connectivity index (χ4n) is 2.08. The van der Waals surface area contributed by atoms with Crippen LogP contribution in [0.2, 0.25) is 0 Å². The van der Waals surface area contributed by atoms with Crippen LogP contribution < -0.4 is 5.73 Å². The van der Waals surface area contributed by atoms with Crippen molar-refractivity contribution in [3.05, 3.63) is 35.4 Å². The molecular weight excluding hydrogens is 210 g/mol. The Hall–Kier alpha value is -1.31. The molecule has 0 radical (unpaired) electrons. The van der Waals surface area contributed by atoms with Gasteiger partial charge in [0.2, 0.25) is 5.91 Å². The average molecular weight is 233 g/mol. The molecule has 0 aliphatic carbocycles. The van der Waals surface area contributed by atoms with E-state index in [-0.39, 0.29) is 11.8 Å². The third-order valence-corrected chi connectivity index (χ3v) is 3.26. The monoisotopic (exact) mass is 233 g/mol. The number of hydrogen-bond acceptors (Lipinski definition) is 1. The number of primary amides is 1. The molecule has 0 aromatic heterocycles. The first kappa shape index (κ1) is 13.8. The third-order valence-electron chi connectivity index (χ3n) is 3.26. The van der Waals surface area contributed by atoms with E-state index in [4.69, 9.17) is 5.73 Å². The number of carbonyl (C=O) groups is 1. The molecule has 1 atom stereocenters. The molecule has 1 aromatic rings. The van der Waals surface area contributed by atoms with Crippen molar-refractivity contribution in [3.63, 3.8) is 0 Å². The fourth-order valence-corrected chi connectivity index (χ4v) is 2.08. The van der Waals surface area contributed by atoms with E-state index in [1.165, 1.54) is 11.1 Å². The van der Waals surface area contributed by atoms with Crippen LogP contribution in [0.3, 0.4) is 0 Å². The molecule has 0 aliphatic rings. The van der Waals surface area contributed by atoms with E-state index in [1.807, 2.05) is 0 Å². The van der Waals surface area contributed by atoms with Crippen LogP contribution in [-0.4, -0.2) is 5.91 Å². The summed E-state index contributed by atoms with van der Waals surface area (Å²) in [4.78, 5) is 11.1. The second-order valence-electron chi connectivity index (χ2n) is 5.34. The lowest BCUT2D eigenvalue weighted by atomic mass is 9.85. The summed E-state index contributed by atoms with van der Waals surface area (Å²) in [5, 5.41) is 0. The van der Waals surface area contributed by atoms with E-state index >= 15 is 0 Å². The number of amides is 1. The Kier molecular flexibility index (Phi) is 4.73. The Balaban J connectivity index is 2.91. The summed E-state index contributed by atoms with van der Waals surface area (Å²) in [5.74, 6) is 0.968. The SMILES string of the molecule is CC(C)c1ccc(C(CC(N)=O)C(C)C)cc1. The Morgan fingerprint density at radius 2 is 1.53 bits per heavy atom. The van der Waals surface area contributed by atoms with E-state index in [9.17, 15) is 4.79 Å². The Morgan fingerprint density at radius 3 is 1.88 bits per heavy atom. The van der Waals surface area contributed by atoms with Crippen molar-refractivity contribution < 1.29 is 4.79 Å². The first-order chi connectivity index (χ1) is 7.91. The molecule has 0 spiro atoms. The lowest BCUT2D eigenvalue weighted by Gasteiger charge is -2.20. The van der Waals surface area contributed by atoms with Gasteiger partial charge in [-0.2, -0.15) is 0 Å².